The van der Waals surface area contributed by atoms with E-state index in [1.54, 1.807) is 0 Å². The van der Waals surface area contributed by atoms with Crippen LogP contribution in [0, 0.1) is 12.3 Å². The van der Waals surface area contributed by atoms with Crippen LogP contribution in [0.4, 0.5) is 32.2 Å². The second-order valence-electron chi connectivity index (χ2n) is 11.8. The van der Waals surface area contributed by atoms with Gasteiger partial charge < -0.3 is 31.9 Å². The van der Waals surface area contributed by atoms with Crippen molar-refractivity contribution in [2.75, 3.05) is 5.32 Å². The Hall–Kier alpha value is -5.94. The molecule has 1 fully saturated rings. The Morgan fingerprint density at radius 1 is 0.849 bits per heavy atom. The minimum atomic E-state index is -5.08. The van der Waals surface area contributed by atoms with Crippen molar-refractivity contribution in [2.45, 2.75) is 69.5 Å². The van der Waals surface area contributed by atoms with E-state index in [0.29, 0.717) is 17.8 Å². The fourth-order valence-electron chi connectivity index (χ4n) is 5.32. The Balaban J connectivity index is 0.000000458. The number of guanidine groups is 1. The molecule has 0 saturated heterocycles. The van der Waals surface area contributed by atoms with Crippen LogP contribution < -0.4 is 21.7 Å². The van der Waals surface area contributed by atoms with Gasteiger partial charge in [-0.05, 0) is 49.4 Å². The van der Waals surface area contributed by atoms with Crippen LogP contribution in [-0.2, 0) is 16.0 Å². The lowest BCUT2D eigenvalue weighted by Gasteiger charge is -2.33. The molecular formula is C35H37F6N7O5. The number of carboxylic acid groups (broad SMARTS) is 2. The summed E-state index contributed by atoms with van der Waals surface area (Å²) >= 11 is 0. The zero-order valence-corrected chi connectivity index (χ0v) is 28.1. The number of halogens is 6. The molecule has 3 aromatic carbocycles. The van der Waals surface area contributed by atoms with Gasteiger partial charge in [0, 0.05) is 17.5 Å². The van der Waals surface area contributed by atoms with E-state index in [1.165, 1.54) is 0 Å². The van der Waals surface area contributed by atoms with Crippen molar-refractivity contribution in [3.63, 3.8) is 0 Å². The van der Waals surface area contributed by atoms with Crippen LogP contribution in [0.1, 0.15) is 59.0 Å². The molecule has 12 nitrogen and oxygen atoms in total. The van der Waals surface area contributed by atoms with Gasteiger partial charge in [0.1, 0.15) is 5.82 Å². The predicted octanol–water partition coefficient (Wildman–Crippen LogP) is 6.12. The highest BCUT2D eigenvalue weighted by Crippen LogP contribution is 2.27. The average molecular weight is 750 g/mol. The van der Waals surface area contributed by atoms with E-state index < -0.39 is 24.3 Å². The van der Waals surface area contributed by atoms with Crippen molar-refractivity contribution in [3.8, 4) is 0 Å². The maximum Gasteiger partial charge on any atom is 0.490 e. The number of hydrogen-bond donors (Lipinski definition) is 7. The highest BCUT2D eigenvalue weighted by molar-refractivity contribution is 5.97. The number of aryl methyl sites for hydroxylation is 1. The lowest BCUT2D eigenvalue weighted by atomic mass is 9.90. The number of aromatic nitrogens is 2. The molecule has 4 aromatic rings. The van der Waals surface area contributed by atoms with E-state index >= 15 is 0 Å². The highest BCUT2D eigenvalue weighted by Gasteiger charge is 2.39. The molecule has 1 saturated carbocycles. The van der Waals surface area contributed by atoms with Crippen LogP contribution in [0.3, 0.4) is 0 Å². The number of nitrogens with zero attached hydrogens (tertiary/aromatic N) is 2. The number of hydrogen-bond acceptors (Lipinski definition) is 7. The first-order chi connectivity index (χ1) is 24.8. The van der Waals surface area contributed by atoms with Gasteiger partial charge in [-0.25, -0.2) is 19.6 Å². The molecule has 0 bridgehead atoms. The molecular weight excluding hydrogens is 712 g/mol. The molecule has 0 aliphatic heterocycles. The number of nitrogens with one attached hydrogen (secondary N) is 4. The van der Waals surface area contributed by atoms with E-state index in [4.69, 9.17) is 35.9 Å². The zero-order valence-electron chi connectivity index (χ0n) is 28.1. The number of rotatable bonds is 8. The van der Waals surface area contributed by atoms with Crippen molar-refractivity contribution in [1.82, 2.24) is 20.6 Å². The number of carboxylic acids is 2. The number of benzene rings is 3. The third-order valence-corrected chi connectivity index (χ3v) is 7.76. The molecule has 284 valence electrons. The molecule has 18 heteroatoms. The number of alkyl halides is 6. The van der Waals surface area contributed by atoms with E-state index in [2.05, 4.69) is 33.1 Å². The van der Waals surface area contributed by atoms with Crippen molar-refractivity contribution < 1.29 is 50.9 Å². The molecule has 1 aliphatic rings. The van der Waals surface area contributed by atoms with Crippen molar-refractivity contribution in [1.29, 1.82) is 5.41 Å². The van der Waals surface area contributed by atoms with E-state index in [1.807, 2.05) is 73.7 Å². The summed E-state index contributed by atoms with van der Waals surface area (Å²) in [7, 11) is 0. The first-order valence-electron chi connectivity index (χ1n) is 16.0. The first kappa shape index (κ1) is 41.5. The van der Waals surface area contributed by atoms with Gasteiger partial charge in [-0.2, -0.15) is 26.3 Å². The molecule has 1 aromatic heterocycles. The normalized spacial score (nSPS) is 16.1. The van der Waals surface area contributed by atoms with Crippen LogP contribution in [0.2, 0.25) is 0 Å². The van der Waals surface area contributed by atoms with Crippen LogP contribution >= 0.6 is 0 Å². The number of anilines is 1. The number of nitrogens with two attached hydrogens (primary N) is 1. The van der Waals surface area contributed by atoms with Gasteiger partial charge in [0.05, 0.1) is 11.6 Å². The minimum absolute atomic E-state index is 0.0108. The maximum atomic E-state index is 13.7. The summed E-state index contributed by atoms with van der Waals surface area (Å²) < 4.78 is 63.5. The SMILES string of the molecule is Cc1ccc2nc(C(=O)NC(Cc3ccccc3)c3ccccc3)nc(NC3CCCCC3NC(=N)N)c2c1.O=C(O)C(F)(F)F.O=C(O)C(F)(F)F. The molecule has 5 rings (SSSR count). The summed E-state index contributed by atoms with van der Waals surface area (Å²) in [6, 6.07) is 25.9. The van der Waals surface area contributed by atoms with Crippen LogP contribution in [0.25, 0.3) is 10.9 Å². The largest absolute Gasteiger partial charge is 0.490 e. The summed E-state index contributed by atoms with van der Waals surface area (Å²) in [5.41, 5.74) is 9.60. The lowest BCUT2D eigenvalue weighted by Crippen LogP contribution is -2.50. The van der Waals surface area contributed by atoms with Gasteiger partial charge in [0.15, 0.2) is 5.96 Å². The van der Waals surface area contributed by atoms with E-state index in [-0.39, 0.29) is 35.8 Å². The fraction of sp³-hybridized carbons (Fsp3) is 0.314. The van der Waals surface area contributed by atoms with Gasteiger partial charge in [-0.15, -0.1) is 0 Å². The summed E-state index contributed by atoms with van der Waals surface area (Å²) in [5.74, 6) is -5.14. The molecule has 3 unspecified atom stereocenters. The van der Waals surface area contributed by atoms with Crippen LogP contribution in [-0.4, -0.2) is 68.4 Å². The quantitative estimate of drug-likeness (QED) is 0.0624. The van der Waals surface area contributed by atoms with Crippen molar-refractivity contribution in [3.05, 3.63) is 101 Å². The molecule has 3 atom stereocenters. The third kappa shape index (κ3) is 13.3. The summed E-state index contributed by atoms with van der Waals surface area (Å²) in [6.45, 7) is 2.03. The van der Waals surface area contributed by atoms with Gasteiger partial charge in [-0.3, -0.25) is 10.2 Å². The number of carbonyl (C=O) groups excluding carboxylic acids is 1. The number of fused-ring (bicyclic) bond motifs is 1. The third-order valence-electron chi connectivity index (χ3n) is 7.76. The van der Waals surface area contributed by atoms with E-state index in [9.17, 15) is 31.1 Å². The molecule has 1 aliphatic carbocycles. The highest BCUT2D eigenvalue weighted by atomic mass is 19.4. The van der Waals surface area contributed by atoms with Crippen LogP contribution in [0.5, 0.6) is 0 Å². The Morgan fingerprint density at radius 3 is 1.91 bits per heavy atom. The second kappa shape index (κ2) is 18.5. The van der Waals surface area contributed by atoms with Gasteiger partial charge in [-0.1, -0.05) is 85.1 Å². The summed E-state index contributed by atoms with van der Waals surface area (Å²) in [6.07, 6.45) is -5.55. The maximum absolute atomic E-state index is 13.7. The van der Waals surface area contributed by atoms with Crippen molar-refractivity contribution in [2.24, 2.45) is 5.73 Å². The predicted molar refractivity (Wildman–Crippen MR) is 183 cm³/mol. The fourth-order valence-corrected chi connectivity index (χ4v) is 5.32. The monoisotopic (exact) mass is 749 g/mol. The lowest BCUT2D eigenvalue weighted by molar-refractivity contribution is -0.193. The standard InChI is InChI=1S/C31H35N7O.2C2HF3O2/c1-20-16-17-24-23(18-20)28(35-25-14-8-9-15-26(25)37-31(32)33)38-29(34-24)30(39)36-27(22-12-6-3-7-13-22)19-21-10-4-2-5-11-21;2*3-2(4,5)1(6)7/h2-7,10-13,16-18,25-27H,8-9,14-15,19H2,1H3,(H,36,39)(H4,32,33,37)(H,34,35,38);2*(H,6,7). The smallest absolute Gasteiger partial charge is 0.475 e. The Morgan fingerprint density at radius 2 is 1.38 bits per heavy atom. The minimum Gasteiger partial charge on any atom is -0.475 e. The summed E-state index contributed by atoms with van der Waals surface area (Å²) in [4.78, 5) is 40.9. The topological polar surface area (TPSA) is 203 Å². The molecule has 53 heavy (non-hydrogen) atoms. The first-order valence-corrected chi connectivity index (χ1v) is 16.0. The molecule has 0 radical (unpaired) electrons. The Labute approximate surface area is 299 Å². The molecule has 8 N–H and O–H groups in total. The molecule has 1 heterocycles. The number of carbonyl (C=O) groups is 3. The molecule has 0 spiro atoms. The van der Waals surface area contributed by atoms with Gasteiger partial charge >= 0.3 is 24.3 Å². The van der Waals surface area contributed by atoms with Gasteiger partial charge in [0.25, 0.3) is 5.91 Å². The number of amides is 1. The van der Waals surface area contributed by atoms with E-state index in [0.717, 1.165) is 47.8 Å². The van der Waals surface area contributed by atoms with Crippen LogP contribution in [0.15, 0.2) is 78.9 Å². The van der Waals surface area contributed by atoms with Crippen molar-refractivity contribution >= 4 is 40.5 Å². The summed E-state index contributed by atoms with van der Waals surface area (Å²) in [5, 5.41) is 32.7. The second-order valence-corrected chi connectivity index (χ2v) is 11.8. The number of aliphatic carboxylic acids is 2. The van der Waals surface area contributed by atoms with Gasteiger partial charge in [0.2, 0.25) is 5.82 Å². The average Bonchev–Trinajstić information content (AvgIpc) is 3.09. The zero-order chi connectivity index (χ0) is 39.3. The molecule has 1 amide bonds. The Bertz CT molecular complexity index is 1840. The Kier molecular flexibility index (Phi) is 14.5.